The summed E-state index contributed by atoms with van der Waals surface area (Å²) >= 11 is 0. The summed E-state index contributed by atoms with van der Waals surface area (Å²) in [5.74, 6) is -1.52. The highest BCUT2D eigenvalue weighted by molar-refractivity contribution is 5.90. The number of aliphatic carboxylic acids is 1. The van der Waals surface area contributed by atoms with Crippen LogP contribution in [-0.4, -0.2) is 23.1 Å². The van der Waals surface area contributed by atoms with Gasteiger partial charge in [0.2, 0.25) is 6.10 Å². The highest BCUT2D eigenvalue weighted by atomic mass is 16.6. The fourth-order valence-corrected chi connectivity index (χ4v) is 1.30. The molecule has 2 atom stereocenters. The van der Waals surface area contributed by atoms with Gasteiger partial charge in [-0.1, -0.05) is 13.8 Å². The first-order valence-corrected chi connectivity index (χ1v) is 3.95. The van der Waals surface area contributed by atoms with Crippen LogP contribution < -0.4 is 0 Å². The molecular formula is C8H12O4. The van der Waals surface area contributed by atoms with Crippen molar-refractivity contribution in [2.24, 2.45) is 11.8 Å². The first-order chi connectivity index (χ1) is 5.52. The van der Waals surface area contributed by atoms with E-state index in [9.17, 15) is 9.59 Å². The minimum atomic E-state index is -1.04. The first-order valence-electron chi connectivity index (χ1n) is 3.95. The number of carboxylic acid groups (broad SMARTS) is 1. The lowest BCUT2D eigenvalue weighted by molar-refractivity contribution is -0.196. The van der Waals surface area contributed by atoms with E-state index in [1.165, 1.54) is 0 Å². The molecule has 12 heavy (non-hydrogen) atoms. The second-order valence-electron chi connectivity index (χ2n) is 3.43. The van der Waals surface area contributed by atoms with Crippen molar-refractivity contribution in [2.75, 3.05) is 0 Å². The second-order valence-corrected chi connectivity index (χ2v) is 3.43. The minimum Gasteiger partial charge on any atom is -0.478 e. The van der Waals surface area contributed by atoms with E-state index in [2.05, 4.69) is 4.74 Å². The molecule has 1 N–H and O–H groups in total. The average Bonchev–Trinajstić information content (AvgIpc) is 1.95. The fraction of sp³-hybridized carbons (Fsp3) is 0.750. The molecule has 4 heteroatoms. The second kappa shape index (κ2) is 3.13. The maximum atomic E-state index is 10.8. The smallest absolute Gasteiger partial charge is 0.345 e. The Morgan fingerprint density at radius 1 is 1.67 bits per heavy atom. The van der Waals surface area contributed by atoms with Gasteiger partial charge in [-0.05, 0) is 12.3 Å². The van der Waals surface area contributed by atoms with Crippen LogP contribution >= 0.6 is 0 Å². The van der Waals surface area contributed by atoms with Crippen molar-refractivity contribution in [2.45, 2.75) is 26.4 Å². The van der Waals surface area contributed by atoms with Gasteiger partial charge in [0.15, 0.2) is 0 Å². The summed E-state index contributed by atoms with van der Waals surface area (Å²) in [7, 11) is 0. The molecule has 1 aliphatic rings. The van der Waals surface area contributed by atoms with Gasteiger partial charge in [-0.3, -0.25) is 4.79 Å². The van der Waals surface area contributed by atoms with Crippen molar-refractivity contribution >= 4 is 11.9 Å². The molecule has 0 spiro atoms. The zero-order valence-electron chi connectivity index (χ0n) is 7.11. The Kier molecular flexibility index (Phi) is 2.35. The van der Waals surface area contributed by atoms with Crippen LogP contribution in [0, 0.1) is 11.8 Å². The molecule has 68 valence electrons. The van der Waals surface area contributed by atoms with Crippen LogP contribution in [0.3, 0.4) is 0 Å². The molecule has 0 radical (unpaired) electrons. The summed E-state index contributed by atoms with van der Waals surface area (Å²) < 4.78 is 4.48. The van der Waals surface area contributed by atoms with Crippen molar-refractivity contribution in [1.82, 2.24) is 0 Å². The molecule has 0 aromatic heterocycles. The minimum absolute atomic E-state index is 0.324. The predicted octanol–water partition coefficient (Wildman–Crippen LogP) is 0.659. The maximum absolute atomic E-state index is 10.8. The summed E-state index contributed by atoms with van der Waals surface area (Å²) in [6.45, 7) is 3.90. The number of carbonyl (C=O) groups excluding carboxylic acids is 1. The Balaban J connectivity index is 2.50. The molecule has 0 aromatic rings. The summed E-state index contributed by atoms with van der Waals surface area (Å²) in [4.78, 5) is 21.2. The standard InChI is InChI=1S/C8H12O4/c1-4(2)3-5-6(7(9)10)12-8(5)11/h4-6H,3H2,1-2H3,(H,9,10)/t5?,6-/m1/s1. The Hall–Kier alpha value is -1.06. The van der Waals surface area contributed by atoms with Crippen molar-refractivity contribution in [3.63, 3.8) is 0 Å². The normalized spacial score (nSPS) is 28.1. The summed E-state index contributed by atoms with van der Waals surface area (Å²) in [5, 5.41) is 8.56. The number of carbonyl (C=O) groups is 2. The lowest BCUT2D eigenvalue weighted by Gasteiger charge is -2.32. The molecule has 1 heterocycles. The highest BCUT2D eigenvalue weighted by Crippen LogP contribution is 2.28. The third-order valence-electron chi connectivity index (χ3n) is 1.88. The first kappa shape index (κ1) is 9.03. The number of rotatable bonds is 3. The SMILES string of the molecule is CC(C)CC1C(=O)O[C@H]1C(=O)O. The van der Waals surface area contributed by atoms with Crippen molar-refractivity contribution in [3.05, 3.63) is 0 Å². The third kappa shape index (κ3) is 1.57. The number of hydrogen-bond donors (Lipinski definition) is 1. The third-order valence-corrected chi connectivity index (χ3v) is 1.88. The summed E-state index contributed by atoms with van der Waals surface area (Å²) in [6, 6.07) is 0. The van der Waals surface area contributed by atoms with Gasteiger partial charge < -0.3 is 9.84 Å². The molecule has 0 aromatic carbocycles. The van der Waals surface area contributed by atoms with Gasteiger partial charge in [0.1, 0.15) is 5.92 Å². The Labute approximate surface area is 70.5 Å². The number of hydrogen-bond acceptors (Lipinski definition) is 3. The van der Waals surface area contributed by atoms with E-state index in [4.69, 9.17) is 5.11 Å². The number of ether oxygens (including phenoxy) is 1. The van der Waals surface area contributed by atoms with Gasteiger partial charge in [-0.2, -0.15) is 0 Å². The number of carboxylic acids is 1. The topological polar surface area (TPSA) is 63.6 Å². The Bertz CT molecular complexity index is 209. The zero-order chi connectivity index (χ0) is 9.30. The molecule has 1 saturated heterocycles. The van der Waals surface area contributed by atoms with Gasteiger partial charge in [0.25, 0.3) is 0 Å². The molecule has 1 aliphatic heterocycles. The van der Waals surface area contributed by atoms with E-state index in [0.29, 0.717) is 12.3 Å². The molecule has 0 bridgehead atoms. The molecule has 1 fully saturated rings. The van der Waals surface area contributed by atoms with Crippen LogP contribution in [-0.2, 0) is 14.3 Å². The van der Waals surface area contributed by atoms with Crippen LogP contribution in [0.15, 0.2) is 0 Å². The predicted molar refractivity (Wildman–Crippen MR) is 40.5 cm³/mol. The Morgan fingerprint density at radius 2 is 2.25 bits per heavy atom. The molecule has 0 amide bonds. The van der Waals surface area contributed by atoms with E-state index in [1.807, 2.05) is 13.8 Å². The van der Waals surface area contributed by atoms with Gasteiger partial charge in [0, 0.05) is 0 Å². The quantitative estimate of drug-likeness (QED) is 0.635. The van der Waals surface area contributed by atoms with Crippen LogP contribution in [0.1, 0.15) is 20.3 Å². The average molecular weight is 172 g/mol. The molecular weight excluding hydrogens is 160 g/mol. The van der Waals surface area contributed by atoms with Gasteiger partial charge in [-0.25, -0.2) is 4.79 Å². The van der Waals surface area contributed by atoms with E-state index in [0.717, 1.165) is 0 Å². The largest absolute Gasteiger partial charge is 0.478 e. The summed E-state index contributed by atoms with van der Waals surface area (Å²) in [5.41, 5.74) is 0. The van der Waals surface area contributed by atoms with Gasteiger partial charge >= 0.3 is 11.9 Å². The van der Waals surface area contributed by atoms with E-state index >= 15 is 0 Å². The summed E-state index contributed by atoms with van der Waals surface area (Å²) in [6.07, 6.45) is -0.310. The van der Waals surface area contributed by atoms with Gasteiger partial charge in [0.05, 0.1) is 0 Å². The highest BCUT2D eigenvalue weighted by Gasteiger charge is 2.47. The van der Waals surface area contributed by atoms with Crippen molar-refractivity contribution in [1.29, 1.82) is 0 Å². The lowest BCUT2D eigenvalue weighted by atomic mass is 9.88. The Morgan fingerprint density at radius 3 is 2.58 bits per heavy atom. The van der Waals surface area contributed by atoms with Crippen LogP contribution in [0.4, 0.5) is 0 Å². The van der Waals surface area contributed by atoms with E-state index in [-0.39, 0.29) is 5.97 Å². The van der Waals surface area contributed by atoms with Gasteiger partial charge in [-0.15, -0.1) is 0 Å². The van der Waals surface area contributed by atoms with Crippen LogP contribution in [0.5, 0.6) is 0 Å². The fourth-order valence-electron chi connectivity index (χ4n) is 1.30. The van der Waals surface area contributed by atoms with Crippen LogP contribution in [0.25, 0.3) is 0 Å². The van der Waals surface area contributed by atoms with E-state index < -0.39 is 18.0 Å². The molecule has 0 saturated carbocycles. The molecule has 1 rings (SSSR count). The number of cyclic esters (lactones) is 1. The number of esters is 1. The molecule has 0 aliphatic carbocycles. The van der Waals surface area contributed by atoms with Crippen molar-refractivity contribution in [3.8, 4) is 0 Å². The molecule has 4 nitrogen and oxygen atoms in total. The van der Waals surface area contributed by atoms with E-state index in [1.54, 1.807) is 0 Å². The maximum Gasteiger partial charge on any atom is 0.345 e. The zero-order valence-corrected chi connectivity index (χ0v) is 7.11. The molecule has 1 unspecified atom stereocenters. The van der Waals surface area contributed by atoms with Crippen molar-refractivity contribution < 1.29 is 19.4 Å². The monoisotopic (exact) mass is 172 g/mol. The lowest BCUT2D eigenvalue weighted by Crippen LogP contribution is -2.50. The van der Waals surface area contributed by atoms with Crippen LogP contribution in [0.2, 0.25) is 0 Å².